The molecular weight excluding hydrogens is 252 g/mol. The summed E-state index contributed by atoms with van der Waals surface area (Å²) < 4.78 is 0. The van der Waals surface area contributed by atoms with Crippen LogP contribution >= 0.6 is 0 Å². The maximum absolute atomic E-state index is 11.1. The Morgan fingerprint density at radius 1 is 1.25 bits per heavy atom. The van der Waals surface area contributed by atoms with Crippen molar-refractivity contribution in [2.45, 2.75) is 50.4 Å². The van der Waals surface area contributed by atoms with E-state index in [9.17, 15) is 4.79 Å². The summed E-state index contributed by atoms with van der Waals surface area (Å²) in [5, 5.41) is 9.14. The fraction of sp³-hybridized carbons (Fsp3) is 0.562. The van der Waals surface area contributed by atoms with E-state index in [1.807, 2.05) is 6.07 Å². The third-order valence-corrected chi connectivity index (χ3v) is 4.92. The fourth-order valence-electron chi connectivity index (χ4n) is 3.77. The predicted octanol–water partition coefficient (Wildman–Crippen LogP) is 2.79. The second-order valence-electron chi connectivity index (χ2n) is 6.06. The molecule has 2 aliphatic rings. The molecule has 0 spiro atoms. The Balaban J connectivity index is 1.68. The molecule has 2 unspecified atom stereocenters. The van der Waals surface area contributed by atoms with Crippen molar-refractivity contribution >= 4 is 6.09 Å². The van der Waals surface area contributed by atoms with Crippen molar-refractivity contribution in [3.63, 3.8) is 0 Å². The Bertz CT molecular complexity index is 463. The van der Waals surface area contributed by atoms with Crippen molar-refractivity contribution in [2.75, 3.05) is 7.05 Å². The van der Waals surface area contributed by atoms with Crippen LogP contribution in [0.3, 0.4) is 0 Å². The largest absolute Gasteiger partial charge is 0.465 e. The molecule has 20 heavy (non-hydrogen) atoms. The zero-order chi connectivity index (χ0) is 14.1. The van der Waals surface area contributed by atoms with E-state index in [2.05, 4.69) is 29.2 Å². The van der Waals surface area contributed by atoms with E-state index in [0.29, 0.717) is 12.1 Å². The number of nitrogens with zero attached hydrogens (tertiary/aromatic N) is 2. The number of amides is 1. The average molecular weight is 274 g/mol. The number of benzene rings is 1. The van der Waals surface area contributed by atoms with Crippen molar-refractivity contribution in [3.8, 4) is 0 Å². The summed E-state index contributed by atoms with van der Waals surface area (Å²) in [5.41, 5.74) is 1.36. The van der Waals surface area contributed by atoms with Crippen molar-refractivity contribution in [3.05, 3.63) is 35.9 Å². The Morgan fingerprint density at radius 3 is 2.40 bits per heavy atom. The van der Waals surface area contributed by atoms with Crippen molar-refractivity contribution in [1.29, 1.82) is 0 Å². The van der Waals surface area contributed by atoms with Gasteiger partial charge in [-0.1, -0.05) is 30.3 Å². The van der Waals surface area contributed by atoms with Crippen LogP contribution in [0.15, 0.2) is 30.3 Å². The standard InChI is InChI=1S/C16H22N2O2/c1-17(16(19)20)15-9-13-7-8-14(10-15)18(13)11-12-5-3-2-4-6-12/h2-6,13-15H,7-11H2,1H3,(H,19,20). The molecule has 0 saturated carbocycles. The Morgan fingerprint density at radius 2 is 1.85 bits per heavy atom. The van der Waals surface area contributed by atoms with E-state index in [0.717, 1.165) is 19.4 Å². The molecule has 0 aliphatic carbocycles. The zero-order valence-corrected chi connectivity index (χ0v) is 11.9. The lowest BCUT2D eigenvalue weighted by molar-refractivity contribution is 0.0628. The summed E-state index contributed by atoms with van der Waals surface area (Å²) in [5.74, 6) is 0. The van der Waals surface area contributed by atoms with Gasteiger partial charge in [-0.3, -0.25) is 4.90 Å². The second kappa shape index (κ2) is 5.44. The van der Waals surface area contributed by atoms with Gasteiger partial charge in [0.1, 0.15) is 0 Å². The van der Waals surface area contributed by atoms with Crippen LogP contribution in [0.25, 0.3) is 0 Å². The van der Waals surface area contributed by atoms with Gasteiger partial charge in [-0.05, 0) is 31.2 Å². The number of carboxylic acid groups (broad SMARTS) is 1. The normalized spacial score (nSPS) is 29.4. The molecule has 2 aliphatic heterocycles. The van der Waals surface area contributed by atoms with Crippen molar-refractivity contribution in [2.24, 2.45) is 0 Å². The molecule has 2 bridgehead atoms. The summed E-state index contributed by atoms with van der Waals surface area (Å²) >= 11 is 0. The first-order chi connectivity index (χ1) is 9.65. The van der Waals surface area contributed by atoms with Gasteiger partial charge in [-0.2, -0.15) is 0 Å². The van der Waals surface area contributed by atoms with E-state index in [-0.39, 0.29) is 6.04 Å². The number of carbonyl (C=O) groups is 1. The van der Waals surface area contributed by atoms with Crippen LogP contribution in [0, 0.1) is 0 Å². The molecule has 0 aromatic heterocycles. The van der Waals surface area contributed by atoms with Crippen LogP contribution < -0.4 is 0 Å². The molecule has 0 radical (unpaired) electrons. The fourth-order valence-corrected chi connectivity index (χ4v) is 3.77. The van der Waals surface area contributed by atoms with Crippen LogP contribution in [0.2, 0.25) is 0 Å². The highest BCUT2D eigenvalue weighted by molar-refractivity contribution is 5.65. The molecular formula is C16H22N2O2. The summed E-state index contributed by atoms with van der Waals surface area (Å²) in [6.07, 6.45) is 3.58. The average Bonchev–Trinajstić information content (AvgIpc) is 2.70. The molecule has 1 N–H and O–H groups in total. The molecule has 2 saturated heterocycles. The predicted molar refractivity (Wildman–Crippen MR) is 77.6 cm³/mol. The van der Waals surface area contributed by atoms with Gasteiger partial charge in [0.15, 0.2) is 0 Å². The van der Waals surface area contributed by atoms with Crippen LogP contribution in [0.1, 0.15) is 31.2 Å². The molecule has 108 valence electrons. The first-order valence-corrected chi connectivity index (χ1v) is 7.40. The van der Waals surface area contributed by atoms with E-state index >= 15 is 0 Å². The maximum Gasteiger partial charge on any atom is 0.407 e. The first kappa shape index (κ1) is 13.4. The van der Waals surface area contributed by atoms with Gasteiger partial charge in [-0.15, -0.1) is 0 Å². The van der Waals surface area contributed by atoms with E-state index in [1.165, 1.54) is 23.3 Å². The second-order valence-corrected chi connectivity index (χ2v) is 6.06. The van der Waals surface area contributed by atoms with Crippen molar-refractivity contribution in [1.82, 2.24) is 9.80 Å². The number of rotatable bonds is 3. The molecule has 2 heterocycles. The number of piperidine rings is 1. The highest BCUT2D eigenvalue weighted by Crippen LogP contribution is 2.38. The smallest absolute Gasteiger partial charge is 0.407 e. The lowest BCUT2D eigenvalue weighted by Gasteiger charge is -2.41. The number of hydrogen-bond acceptors (Lipinski definition) is 2. The van der Waals surface area contributed by atoms with Crippen molar-refractivity contribution < 1.29 is 9.90 Å². The molecule has 3 rings (SSSR count). The van der Waals surface area contributed by atoms with Crippen LogP contribution in [-0.4, -0.2) is 46.2 Å². The summed E-state index contributed by atoms with van der Waals surface area (Å²) in [6.45, 7) is 1.000. The number of hydrogen-bond donors (Lipinski definition) is 1. The highest BCUT2D eigenvalue weighted by atomic mass is 16.4. The number of fused-ring (bicyclic) bond motifs is 2. The third-order valence-electron chi connectivity index (χ3n) is 4.92. The van der Waals surface area contributed by atoms with E-state index in [1.54, 1.807) is 7.05 Å². The van der Waals surface area contributed by atoms with Gasteiger partial charge in [0.25, 0.3) is 0 Å². The SMILES string of the molecule is CN(C(=O)O)C1CC2CCC(C1)N2Cc1ccccc1. The maximum atomic E-state index is 11.1. The zero-order valence-electron chi connectivity index (χ0n) is 11.9. The minimum absolute atomic E-state index is 0.192. The lowest BCUT2D eigenvalue weighted by atomic mass is 9.96. The minimum Gasteiger partial charge on any atom is -0.465 e. The van der Waals surface area contributed by atoms with Gasteiger partial charge in [0.2, 0.25) is 0 Å². The summed E-state index contributed by atoms with van der Waals surface area (Å²) in [4.78, 5) is 15.2. The van der Waals surface area contributed by atoms with Gasteiger partial charge in [0, 0.05) is 31.7 Å². The Kier molecular flexibility index (Phi) is 3.66. The van der Waals surface area contributed by atoms with Gasteiger partial charge in [0.05, 0.1) is 0 Å². The lowest BCUT2D eigenvalue weighted by Crippen LogP contribution is -2.50. The van der Waals surface area contributed by atoms with Crippen LogP contribution in [0.5, 0.6) is 0 Å². The van der Waals surface area contributed by atoms with Gasteiger partial charge < -0.3 is 10.0 Å². The van der Waals surface area contributed by atoms with Gasteiger partial charge >= 0.3 is 6.09 Å². The quantitative estimate of drug-likeness (QED) is 0.921. The van der Waals surface area contributed by atoms with Crippen LogP contribution in [0.4, 0.5) is 4.79 Å². The summed E-state index contributed by atoms with van der Waals surface area (Å²) in [6, 6.07) is 11.8. The molecule has 4 heteroatoms. The van der Waals surface area contributed by atoms with Crippen LogP contribution in [-0.2, 0) is 6.54 Å². The summed E-state index contributed by atoms with van der Waals surface area (Å²) in [7, 11) is 1.71. The molecule has 2 fully saturated rings. The third kappa shape index (κ3) is 2.52. The van der Waals surface area contributed by atoms with E-state index in [4.69, 9.17) is 5.11 Å². The van der Waals surface area contributed by atoms with E-state index < -0.39 is 6.09 Å². The Hall–Kier alpha value is -1.55. The minimum atomic E-state index is -0.800. The van der Waals surface area contributed by atoms with Gasteiger partial charge in [-0.25, -0.2) is 4.79 Å². The highest BCUT2D eigenvalue weighted by Gasteiger charge is 2.42. The molecule has 1 amide bonds. The molecule has 4 nitrogen and oxygen atoms in total. The Labute approximate surface area is 120 Å². The monoisotopic (exact) mass is 274 g/mol. The molecule has 2 atom stereocenters. The molecule has 1 aromatic rings. The topological polar surface area (TPSA) is 43.8 Å². The molecule has 1 aromatic carbocycles. The first-order valence-electron chi connectivity index (χ1n) is 7.40.